The van der Waals surface area contributed by atoms with Gasteiger partial charge in [0.05, 0.1) is 24.3 Å². The van der Waals surface area contributed by atoms with E-state index in [9.17, 15) is 9.59 Å². The van der Waals surface area contributed by atoms with Gasteiger partial charge in [-0.15, -0.1) is 0 Å². The van der Waals surface area contributed by atoms with Crippen molar-refractivity contribution in [3.63, 3.8) is 0 Å². The molecule has 9 heteroatoms. The van der Waals surface area contributed by atoms with Crippen LogP contribution in [0.1, 0.15) is 32.4 Å². The molecule has 3 rings (SSSR count). The summed E-state index contributed by atoms with van der Waals surface area (Å²) in [5.41, 5.74) is 1.42. The van der Waals surface area contributed by atoms with Crippen molar-refractivity contribution in [1.82, 2.24) is 10.6 Å². The van der Waals surface area contributed by atoms with Gasteiger partial charge in [-0.1, -0.05) is 15.9 Å². The Hall–Kier alpha value is -2.26. The smallest absolute Gasteiger partial charge is 0.338 e. The molecule has 0 saturated heterocycles. The van der Waals surface area contributed by atoms with Crippen LogP contribution in [0.25, 0.3) is 0 Å². The number of amides is 2. The second-order valence-corrected chi connectivity index (χ2v) is 7.21. The van der Waals surface area contributed by atoms with Crippen LogP contribution < -0.4 is 20.1 Å². The van der Waals surface area contributed by atoms with Gasteiger partial charge in [-0.05, 0) is 38.5 Å². The van der Waals surface area contributed by atoms with Crippen LogP contribution in [0, 0.1) is 0 Å². The number of fused-ring (bicyclic) bond motifs is 1. The van der Waals surface area contributed by atoms with Gasteiger partial charge in [-0.3, -0.25) is 0 Å². The number of carbonyl (C=O) groups excluding carboxylic acids is 2. The molecule has 1 aromatic carbocycles. The molecule has 0 aliphatic carbocycles. The summed E-state index contributed by atoms with van der Waals surface area (Å²) in [5, 5.41) is 5.39. The molecular weight excluding hydrogens is 420 g/mol. The van der Waals surface area contributed by atoms with Crippen LogP contribution in [-0.2, 0) is 14.3 Å². The van der Waals surface area contributed by atoms with Gasteiger partial charge in [-0.25, -0.2) is 9.59 Å². The molecule has 2 amide bonds. The zero-order valence-corrected chi connectivity index (χ0v) is 16.8. The van der Waals surface area contributed by atoms with Crippen LogP contribution in [-0.4, -0.2) is 38.1 Å². The average molecular weight is 441 g/mol. The number of halogens is 1. The molecule has 0 fully saturated rings. The number of ether oxygens (including phenoxy) is 4. The number of benzene rings is 1. The fourth-order valence-corrected chi connectivity index (χ4v) is 3.40. The van der Waals surface area contributed by atoms with Crippen molar-refractivity contribution in [2.75, 3.05) is 20.0 Å². The fourth-order valence-electron chi connectivity index (χ4n) is 2.85. The standard InChI is InChI=1S/C18H21BrN2O6/c1-9(2)24-4-5-25-17(22)15-10(3)20-18(23)21-16(15)11-6-13-14(7-12(11)19)27-8-26-13/h6-7,9,16H,4-5,8H2,1-3H3,(H2,20,21,23)/t16-/m1/s1. The van der Waals surface area contributed by atoms with Crippen LogP contribution in [0.2, 0.25) is 0 Å². The van der Waals surface area contributed by atoms with E-state index < -0.39 is 18.0 Å². The molecule has 2 aliphatic heterocycles. The molecule has 0 spiro atoms. The topological polar surface area (TPSA) is 95.1 Å². The lowest BCUT2D eigenvalue weighted by Gasteiger charge is -2.29. The van der Waals surface area contributed by atoms with E-state index >= 15 is 0 Å². The number of hydrogen-bond donors (Lipinski definition) is 2. The second kappa shape index (κ2) is 8.18. The third kappa shape index (κ3) is 4.36. The minimum absolute atomic E-state index is 0.0534. The van der Waals surface area contributed by atoms with Crippen molar-refractivity contribution in [2.24, 2.45) is 0 Å². The van der Waals surface area contributed by atoms with E-state index in [0.29, 0.717) is 39.4 Å². The summed E-state index contributed by atoms with van der Waals surface area (Å²) in [6, 6.07) is 2.40. The van der Waals surface area contributed by atoms with Crippen molar-refractivity contribution < 1.29 is 28.5 Å². The van der Waals surface area contributed by atoms with Crippen LogP contribution in [0.4, 0.5) is 4.79 Å². The highest BCUT2D eigenvalue weighted by Crippen LogP contribution is 2.41. The predicted octanol–water partition coefficient (Wildman–Crippen LogP) is 2.77. The molecule has 2 heterocycles. The maximum Gasteiger partial charge on any atom is 0.338 e. The van der Waals surface area contributed by atoms with Crippen LogP contribution >= 0.6 is 15.9 Å². The zero-order valence-electron chi connectivity index (χ0n) is 15.3. The summed E-state index contributed by atoms with van der Waals surface area (Å²) in [7, 11) is 0. The van der Waals surface area contributed by atoms with Crippen molar-refractivity contribution in [3.8, 4) is 11.5 Å². The van der Waals surface area contributed by atoms with Gasteiger partial charge in [0.25, 0.3) is 0 Å². The van der Waals surface area contributed by atoms with Crippen molar-refractivity contribution >= 4 is 27.9 Å². The van der Waals surface area contributed by atoms with Crippen LogP contribution in [0.15, 0.2) is 27.9 Å². The van der Waals surface area contributed by atoms with E-state index in [-0.39, 0.29) is 19.5 Å². The van der Waals surface area contributed by atoms with Crippen molar-refractivity contribution in [2.45, 2.75) is 32.9 Å². The quantitative estimate of drug-likeness (QED) is 0.521. The Balaban J connectivity index is 1.85. The lowest BCUT2D eigenvalue weighted by atomic mass is 9.95. The molecule has 146 valence electrons. The minimum Gasteiger partial charge on any atom is -0.460 e. The molecule has 0 unspecified atom stereocenters. The SMILES string of the molecule is CC1=C(C(=O)OCCOC(C)C)[C@@H](c2cc3c(cc2Br)OCO3)NC(=O)N1. The second-order valence-electron chi connectivity index (χ2n) is 6.35. The molecule has 0 radical (unpaired) electrons. The summed E-state index contributed by atoms with van der Waals surface area (Å²) in [5.74, 6) is 0.625. The first kappa shape index (κ1) is 19.5. The lowest BCUT2D eigenvalue weighted by Crippen LogP contribution is -2.45. The number of rotatable bonds is 6. The maximum atomic E-state index is 12.7. The number of hydrogen-bond acceptors (Lipinski definition) is 6. The highest BCUT2D eigenvalue weighted by molar-refractivity contribution is 9.10. The Bertz CT molecular complexity index is 792. The third-order valence-electron chi connectivity index (χ3n) is 4.06. The predicted molar refractivity (Wildman–Crippen MR) is 99.4 cm³/mol. The van der Waals surface area contributed by atoms with Gasteiger partial charge >= 0.3 is 12.0 Å². The Labute approximate surface area is 165 Å². The Morgan fingerprint density at radius 3 is 2.70 bits per heavy atom. The highest BCUT2D eigenvalue weighted by Gasteiger charge is 2.34. The minimum atomic E-state index is -0.693. The van der Waals surface area contributed by atoms with Crippen LogP contribution in [0.5, 0.6) is 11.5 Å². The van der Waals surface area contributed by atoms with Crippen molar-refractivity contribution in [1.29, 1.82) is 0 Å². The Morgan fingerprint density at radius 1 is 1.30 bits per heavy atom. The van der Waals surface area contributed by atoms with Gasteiger partial charge in [0.15, 0.2) is 11.5 Å². The number of urea groups is 1. The highest BCUT2D eigenvalue weighted by atomic mass is 79.9. The number of allylic oxidation sites excluding steroid dienone is 1. The largest absolute Gasteiger partial charge is 0.460 e. The van der Waals surface area contributed by atoms with E-state index in [4.69, 9.17) is 18.9 Å². The zero-order chi connectivity index (χ0) is 19.6. The normalized spacial score (nSPS) is 18.4. The summed E-state index contributed by atoms with van der Waals surface area (Å²) in [6.07, 6.45) is 0.0534. The number of nitrogens with one attached hydrogen (secondary N) is 2. The van der Waals surface area contributed by atoms with Gasteiger partial charge in [0.2, 0.25) is 6.79 Å². The lowest BCUT2D eigenvalue weighted by molar-refractivity contribution is -0.141. The van der Waals surface area contributed by atoms with Gasteiger partial charge < -0.3 is 29.6 Å². The Morgan fingerprint density at radius 2 is 2.00 bits per heavy atom. The van der Waals surface area contributed by atoms with Crippen molar-refractivity contribution in [3.05, 3.63) is 33.4 Å². The van der Waals surface area contributed by atoms with E-state index in [2.05, 4.69) is 26.6 Å². The van der Waals surface area contributed by atoms with Gasteiger partial charge in [0, 0.05) is 10.2 Å². The fraction of sp³-hybridized carbons (Fsp3) is 0.444. The molecule has 27 heavy (non-hydrogen) atoms. The first-order valence-electron chi connectivity index (χ1n) is 8.53. The van der Waals surface area contributed by atoms with Gasteiger partial charge in [0.1, 0.15) is 6.61 Å². The van der Waals surface area contributed by atoms with Gasteiger partial charge in [-0.2, -0.15) is 0 Å². The monoisotopic (exact) mass is 440 g/mol. The Kier molecular flexibility index (Phi) is 5.91. The summed E-state index contributed by atoms with van der Waals surface area (Å²) >= 11 is 3.48. The van der Waals surface area contributed by atoms with E-state index in [1.807, 2.05) is 13.8 Å². The summed E-state index contributed by atoms with van der Waals surface area (Å²) in [4.78, 5) is 24.7. The molecule has 2 aliphatic rings. The summed E-state index contributed by atoms with van der Waals surface area (Å²) < 4.78 is 22.2. The molecule has 2 N–H and O–H groups in total. The molecule has 8 nitrogen and oxygen atoms in total. The molecule has 1 aromatic rings. The van der Waals surface area contributed by atoms with E-state index in [0.717, 1.165) is 0 Å². The first-order chi connectivity index (χ1) is 12.9. The first-order valence-corrected chi connectivity index (χ1v) is 9.32. The molecule has 0 saturated carbocycles. The summed E-state index contributed by atoms with van der Waals surface area (Å²) in [6.45, 7) is 6.02. The molecule has 0 aromatic heterocycles. The number of carbonyl (C=O) groups is 2. The molecule has 1 atom stereocenters. The van der Waals surface area contributed by atoms with E-state index in [1.165, 1.54) is 0 Å². The third-order valence-corrected chi connectivity index (χ3v) is 4.75. The van der Waals surface area contributed by atoms with E-state index in [1.54, 1.807) is 19.1 Å². The van der Waals surface area contributed by atoms with Crippen LogP contribution in [0.3, 0.4) is 0 Å². The molecular formula is C18H21BrN2O6. The number of esters is 1. The average Bonchev–Trinajstić information content (AvgIpc) is 3.04. The molecule has 0 bridgehead atoms. The maximum absolute atomic E-state index is 12.7.